The molecule has 0 aliphatic heterocycles. The summed E-state index contributed by atoms with van der Waals surface area (Å²) >= 11 is 0. The fraction of sp³-hybridized carbons (Fsp3) is 0.556. The molecule has 0 heterocycles. The molecule has 1 amide bonds. The van der Waals surface area contributed by atoms with Crippen LogP contribution in [0.4, 0.5) is 0 Å². The van der Waals surface area contributed by atoms with E-state index in [1.807, 2.05) is 6.07 Å². The maximum atomic E-state index is 11.4. The number of terminal acetylenes is 1. The average Bonchev–Trinajstić information content (AvgIpc) is 2.03. The van der Waals surface area contributed by atoms with Crippen molar-refractivity contribution in [1.82, 2.24) is 4.90 Å². The lowest BCUT2D eigenvalue weighted by atomic mass is 9.94. The van der Waals surface area contributed by atoms with E-state index in [0.29, 0.717) is 0 Å². The average molecular weight is 164 g/mol. The van der Waals surface area contributed by atoms with Crippen molar-refractivity contribution in [2.45, 2.75) is 13.8 Å². The highest BCUT2D eigenvalue weighted by atomic mass is 16.2. The Morgan fingerprint density at radius 3 is 2.50 bits per heavy atom. The van der Waals surface area contributed by atoms with Crippen molar-refractivity contribution >= 4 is 5.91 Å². The van der Waals surface area contributed by atoms with Crippen molar-refractivity contribution in [2.75, 3.05) is 13.6 Å². The van der Waals surface area contributed by atoms with Gasteiger partial charge in [0.2, 0.25) is 5.91 Å². The number of nitrogens with zero attached hydrogens (tertiary/aromatic N) is 2. The summed E-state index contributed by atoms with van der Waals surface area (Å²) in [5, 5.41) is 8.63. The summed E-state index contributed by atoms with van der Waals surface area (Å²) in [6.07, 6.45) is 5.03. The molecule has 0 aliphatic carbocycles. The summed E-state index contributed by atoms with van der Waals surface area (Å²) < 4.78 is 0. The molecule has 0 aromatic carbocycles. The van der Waals surface area contributed by atoms with E-state index in [1.165, 1.54) is 4.90 Å². The van der Waals surface area contributed by atoms with Crippen LogP contribution in [0, 0.1) is 29.1 Å². The second kappa shape index (κ2) is 3.78. The number of carbonyl (C=O) groups is 1. The highest BCUT2D eigenvalue weighted by molar-refractivity contribution is 5.84. The predicted octanol–water partition coefficient (Wildman–Crippen LogP) is 0.628. The number of amides is 1. The van der Waals surface area contributed by atoms with Crippen LogP contribution in [0.2, 0.25) is 0 Å². The molecule has 0 fully saturated rings. The van der Waals surface area contributed by atoms with Crippen LogP contribution in [0.15, 0.2) is 0 Å². The highest BCUT2D eigenvalue weighted by Gasteiger charge is 2.29. The molecule has 0 rings (SSSR count). The number of hydrogen-bond acceptors (Lipinski definition) is 2. The number of hydrogen-bond donors (Lipinski definition) is 0. The van der Waals surface area contributed by atoms with Crippen molar-refractivity contribution in [3.8, 4) is 18.4 Å². The molecular weight excluding hydrogens is 152 g/mol. The molecule has 0 bridgehead atoms. The molecule has 0 N–H and O–H groups in total. The summed E-state index contributed by atoms with van der Waals surface area (Å²) in [5.74, 6) is 2.09. The topological polar surface area (TPSA) is 44.1 Å². The number of carbonyl (C=O) groups excluding carboxylic acids is 1. The standard InChI is InChI=1S/C9H12N2O/c1-5-6-11(4)8(12)9(2,3)7-10/h1H,6H2,2-4H3. The van der Waals surface area contributed by atoms with Gasteiger partial charge >= 0.3 is 0 Å². The molecule has 3 heteroatoms. The smallest absolute Gasteiger partial charge is 0.242 e. The molecule has 0 unspecified atom stereocenters. The minimum atomic E-state index is -0.981. The molecule has 3 nitrogen and oxygen atoms in total. The molecule has 0 spiro atoms. The van der Waals surface area contributed by atoms with E-state index in [-0.39, 0.29) is 12.5 Å². The zero-order valence-corrected chi connectivity index (χ0v) is 7.59. The van der Waals surface area contributed by atoms with Gasteiger partial charge in [0.1, 0.15) is 5.41 Å². The molecule has 0 aromatic heterocycles. The summed E-state index contributed by atoms with van der Waals surface area (Å²) in [5.41, 5.74) is -0.981. The Kier molecular flexibility index (Phi) is 3.31. The molecular formula is C9H12N2O. The van der Waals surface area contributed by atoms with Crippen LogP contribution in [0.3, 0.4) is 0 Å². The van der Waals surface area contributed by atoms with Crippen LogP contribution in [0.1, 0.15) is 13.8 Å². The summed E-state index contributed by atoms with van der Waals surface area (Å²) in [6.45, 7) is 3.38. The number of nitriles is 1. The Morgan fingerprint density at radius 2 is 2.17 bits per heavy atom. The van der Waals surface area contributed by atoms with Gasteiger partial charge in [-0.05, 0) is 13.8 Å². The minimum Gasteiger partial charge on any atom is -0.333 e. The van der Waals surface area contributed by atoms with Gasteiger partial charge in [0.25, 0.3) is 0 Å². The van der Waals surface area contributed by atoms with Crippen LogP contribution in [-0.4, -0.2) is 24.4 Å². The van der Waals surface area contributed by atoms with Gasteiger partial charge in [-0.2, -0.15) is 5.26 Å². The zero-order chi connectivity index (χ0) is 9.78. The first kappa shape index (κ1) is 10.5. The van der Waals surface area contributed by atoms with Gasteiger partial charge in [-0.3, -0.25) is 4.79 Å². The Balaban J connectivity index is 4.44. The van der Waals surface area contributed by atoms with E-state index in [4.69, 9.17) is 11.7 Å². The normalized spacial score (nSPS) is 9.75. The third-order valence-corrected chi connectivity index (χ3v) is 1.49. The second-order valence-electron chi connectivity index (χ2n) is 3.10. The molecule has 0 radical (unpaired) electrons. The van der Waals surface area contributed by atoms with Crippen molar-refractivity contribution in [2.24, 2.45) is 5.41 Å². The maximum Gasteiger partial charge on any atom is 0.242 e. The van der Waals surface area contributed by atoms with Crippen LogP contribution < -0.4 is 0 Å². The van der Waals surface area contributed by atoms with E-state index in [2.05, 4.69) is 5.92 Å². The van der Waals surface area contributed by atoms with E-state index in [9.17, 15) is 4.79 Å². The molecule has 64 valence electrons. The third-order valence-electron chi connectivity index (χ3n) is 1.49. The lowest BCUT2D eigenvalue weighted by molar-refractivity contribution is -0.135. The first-order chi connectivity index (χ1) is 5.45. The SMILES string of the molecule is C#CCN(C)C(=O)C(C)(C)C#N. The van der Waals surface area contributed by atoms with Crippen LogP contribution >= 0.6 is 0 Å². The van der Waals surface area contributed by atoms with Crippen LogP contribution in [0.25, 0.3) is 0 Å². The molecule has 0 aromatic rings. The van der Waals surface area contributed by atoms with Crippen molar-refractivity contribution in [1.29, 1.82) is 5.26 Å². The fourth-order valence-electron chi connectivity index (χ4n) is 0.734. The first-order valence-corrected chi connectivity index (χ1v) is 3.56. The molecule has 12 heavy (non-hydrogen) atoms. The number of rotatable bonds is 2. The van der Waals surface area contributed by atoms with Gasteiger partial charge in [0, 0.05) is 7.05 Å². The predicted molar refractivity (Wildman–Crippen MR) is 45.9 cm³/mol. The molecule has 0 aliphatic rings. The van der Waals surface area contributed by atoms with Gasteiger partial charge in [-0.15, -0.1) is 6.42 Å². The van der Waals surface area contributed by atoms with Crippen molar-refractivity contribution in [3.63, 3.8) is 0 Å². The fourth-order valence-corrected chi connectivity index (χ4v) is 0.734. The van der Waals surface area contributed by atoms with Gasteiger partial charge in [0.05, 0.1) is 12.6 Å². The molecule has 0 saturated heterocycles. The second-order valence-corrected chi connectivity index (χ2v) is 3.10. The monoisotopic (exact) mass is 164 g/mol. The highest BCUT2D eigenvalue weighted by Crippen LogP contribution is 2.15. The summed E-state index contributed by atoms with van der Waals surface area (Å²) in [4.78, 5) is 12.8. The Morgan fingerprint density at radius 1 is 1.67 bits per heavy atom. The zero-order valence-electron chi connectivity index (χ0n) is 7.59. The lowest BCUT2D eigenvalue weighted by Gasteiger charge is -2.21. The Labute approximate surface area is 73.0 Å². The Hall–Kier alpha value is -1.48. The maximum absolute atomic E-state index is 11.4. The van der Waals surface area contributed by atoms with E-state index >= 15 is 0 Å². The quantitative estimate of drug-likeness (QED) is 0.562. The Bertz CT molecular complexity index is 255. The van der Waals surface area contributed by atoms with E-state index in [1.54, 1.807) is 20.9 Å². The van der Waals surface area contributed by atoms with Crippen molar-refractivity contribution < 1.29 is 4.79 Å². The van der Waals surface area contributed by atoms with Gasteiger partial charge in [0.15, 0.2) is 0 Å². The van der Waals surface area contributed by atoms with Crippen LogP contribution in [0.5, 0.6) is 0 Å². The molecule has 0 atom stereocenters. The minimum absolute atomic E-state index is 0.240. The summed E-state index contributed by atoms with van der Waals surface area (Å²) in [7, 11) is 1.58. The largest absolute Gasteiger partial charge is 0.333 e. The van der Waals surface area contributed by atoms with Crippen LogP contribution in [-0.2, 0) is 4.79 Å². The lowest BCUT2D eigenvalue weighted by Crippen LogP contribution is -2.37. The van der Waals surface area contributed by atoms with E-state index in [0.717, 1.165) is 0 Å². The molecule has 0 saturated carbocycles. The van der Waals surface area contributed by atoms with E-state index < -0.39 is 5.41 Å². The van der Waals surface area contributed by atoms with Gasteiger partial charge < -0.3 is 4.90 Å². The van der Waals surface area contributed by atoms with Gasteiger partial charge in [-0.25, -0.2) is 0 Å². The summed E-state index contributed by atoms with van der Waals surface area (Å²) in [6, 6.07) is 1.92. The third kappa shape index (κ3) is 2.29. The van der Waals surface area contributed by atoms with Crippen molar-refractivity contribution in [3.05, 3.63) is 0 Å². The first-order valence-electron chi connectivity index (χ1n) is 3.56. The van der Waals surface area contributed by atoms with Gasteiger partial charge in [-0.1, -0.05) is 5.92 Å².